The SMILES string of the molecule is C1=CC(c2nc(-c3ccccc3)nc3c2oc2ccc(-c4ccccc4)cc23)CC(C2=CC=CC3Oc4c(-c5nc(-c6ccccc6)nc(-c6ccccc6)n5)cccc4C23)=C1. The minimum Gasteiger partial charge on any atom is -0.484 e. The van der Waals surface area contributed by atoms with Crippen LogP contribution in [0.3, 0.4) is 0 Å². The Kier molecular flexibility index (Phi) is 8.62. The third-order valence-corrected chi connectivity index (χ3v) is 12.1. The van der Waals surface area contributed by atoms with E-state index in [-0.39, 0.29) is 17.9 Å². The van der Waals surface area contributed by atoms with Gasteiger partial charge >= 0.3 is 0 Å². The molecule has 0 radical (unpaired) electrons. The van der Waals surface area contributed by atoms with Crippen molar-refractivity contribution in [3.05, 3.63) is 217 Å². The Morgan fingerprint density at radius 2 is 1.11 bits per heavy atom. The summed E-state index contributed by atoms with van der Waals surface area (Å²) in [5, 5.41) is 0.973. The molecule has 0 saturated heterocycles. The van der Waals surface area contributed by atoms with Crippen LogP contribution in [0.15, 0.2) is 210 Å². The van der Waals surface area contributed by atoms with Crippen LogP contribution in [0.5, 0.6) is 5.75 Å². The van der Waals surface area contributed by atoms with Gasteiger partial charge in [0.2, 0.25) is 0 Å². The molecule has 0 fully saturated rings. The topological polar surface area (TPSA) is 86.8 Å². The van der Waals surface area contributed by atoms with Crippen molar-refractivity contribution in [2.45, 2.75) is 24.4 Å². The average Bonchev–Trinajstić information content (AvgIpc) is 3.93. The van der Waals surface area contributed by atoms with Crippen LogP contribution in [-0.4, -0.2) is 31.0 Å². The first-order valence-corrected chi connectivity index (χ1v) is 21.0. The van der Waals surface area contributed by atoms with E-state index in [2.05, 4.69) is 109 Å². The first-order valence-electron chi connectivity index (χ1n) is 21.0. The van der Waals surface area contributed by atoms with Gasteiger partial charge in [-0.25, -0.2) is 24.9 Å². The molecular formula is C55H37N5O2. The molecule has 0 bridgehead atoms. The summed E-state index contributed by atoms with van der Waals surface area (Å²) in [7, 11) is 0. The number of fused-ring (bicyclic) bond motifs is 6. The van der Waals surface area contributed by atoms with E-state index in [9.17, 15) is 0 Å². The van der Waals surface area contributed by atoms with Crippen molar-refractivity contribution in [1.29, 1.82) is 0 Å². The Balaban J connectivity index is 0.925. The standard InChI is InChI=1S/C55H37N5O2/c1-5-16-34(17-6-1)38-30-31-45-44(33-38)49-51(61-45)48(56-52(57-49)35-18-7-2-8-19-35)40-25-13-24-39(32-40)41-26-15-29-46-47(41)42-27-14-28-43(50(42)62-46)55-59-53(36-20-9-3-10-21-36)58-54(60-55)37-22-11-4-12-23-37/h1-31,33,40,46-47H,32H2. The van der Waals surface area contributed by atoms with E-state index < -0.39 is 0 Å². The summed E-state index contributed by atoms with van der Waals surface area (Å²) < 4.78 is 13.6. The molecule has 294 valence electrons. The van der Waals surface area contributed by atoms with Crippen molar-refractivity contribution in [2.75, 3.05) is 0 Å². The molecule has 3 atom stereocenters. The molecule has 12 rings (SSSR count). The average molecular weight is 800 g/mol. The summed E-state index contributed by atoms with van der Waals surface area (Å²) in [6.07, 6.45) is 13.7. The number of nitrogens with zero attached hydrogens (tertiary/aromatic N) is 5. The highest BCUT2D eigenvalue weighted by Gasteiger charge is 2.40. The van der Waals surface area contributed by atoms with Crippen LogP contribution in [0.2, 0.25) is 0 Å². The lowest BCUT2D eigenvalue weighted by molar-refractivity contribution is 0.266. The summed E-state index contributed by atoms with van der Waals surface area (Å²) in [6, 6.07) is 53.5. The lowest BCUT2D eigenvalue weighted by Gasteiger charge is -2.27. The molecule has 3 aromatic heterocycles. The fraction of sp³-hybridized carbons (Fsp3) is 0.0727. The number of benzene rings is 6. The molecule has 4 heterocycles. The first kappa shape index (κ1) is 35.9. The summed E-state index contributed by atoms with van der Waals surface area (Å²) in [4.78, 5) is 25.5. The number of rotatable bonds is 7. The first-order chi connectivity index (χ1) is 30.7. The van der Waals surface area contributed by atoms with Gasteiger partial charge in [0.25, 0.3) is 0 Å². The van der Waals surface area contributed by atoms with Crippen molar-refractivity contribution in [3.8, 4) is 62.4 Å². The Morgan fingerprint density at radius 1 is 0.500 bits per heavy atom. The van der Waals surface area contributed by atoms with Crippen molar-refractivity contribution in [3.63, 3.8) is 0 Å². The molecule has 3 aliphatic rings. The van der Waals surface area contributed by atoms with Crippen LogP contribution in [0.25, 0.3) is 78.7 Å². The summed E-state index contributed by atoms with van der Waals surface area (Å²) >= 11 is 0. The van der Waals surface area contributed by atoms with Crippen molar-refractivity contribution in [2.24, 2.45) is 0 Å². The van der Waals surface area contributed by atoms with Gasteiger partial charge in [-0.2, -0.15) is 0 Å². The van der Waals surface area contributed by atoms with Crippen LogP contribution in [0.1, 0.15) is 29.5 Å². The predicted octanol–water partition coefficient (Wildman–Crippen LogP) is 12.9. The number of hydrogen-bond acceptors (Lipinski definition) is 7. The van der Waals surface area contributed by atoms with Crippen molar-refractivity contribution in [1.82, 2.24) is 24.9 Å². The normalized spacial score (nSPS) is 17.6. The smallest absolute Gasteiger partial charge is 0.176 e. The Morgan fingerprint density at radius 3 is 1.79 bits per heavy atom. The minimum atomic E-state index is -0.190. The van der Waals surface area contributed by atoms with Crippen LogP contribution in [0, 0.1) is 0 Å². The molecule has 0 saturated carbocycles. The second-order valence-electron chi connectivity index (χ2n) is 15.9. The molecule has 2 aliphatic carbocycles. The van der Waals surface area contributed by atoms with E-state index in [1.54, 1.807) is 0 Å². The van der Waals surface area contributed by atoms with Crippen molar-refractivity contribution < 1.29 is 9.15 Å². The van der Waals surface area contributed by atoms with E-state index in [4.69, 9.17) is 34.1 Å². The number of para-hydroxylation sites is 1. The molecule has 9 aromatic rings. The highest BCUT2D eigenvalue weighted by molar-refractivity contribution is 6.05. The summed E-state index contributed by atoms with van der Waals surface area (Å²) in [5.74, 6) is 3.20. The summed E-state index contributed by atoms with van der Waals surface area (Å²) in [5.41, 5.74) is 12.7. The second-order valence-corrected chi connectivity index (χ2v) is 15.9. The molecule has 1 aliphatic heterocycles. The van der Waals surface area contributed by atoms with E-state index >= 15 is 0 Å². The molecule has 62 heavy (non-hydrogen) atoms. The highest BCUT2D eigenvalue weighted by atomic mass is 16.5. The van der Waals surface area contributed by atoms with Crippen LogP contribution >= 0.6 is 0 Å². The molecule has 3 unspecified atom stereocenters. The Hall–Kier alpha value is -8.03. The number of hydrogen-bond donors (Lipinski definition) is 0. The molecule has 6 aromatic carbocycles. The van der Waals surface area contributed by atoms with Gasteiger partial charge in [0.1, 0.15) is 23.0 Å². The Labute approximate surface area is 358 Å². The summed E-state index contributed by atoms with van der Waals surface area (Å²) in [6.45, 7) is 0. The van der Waals surface area contributed by atoms with Crippen LogP contribution in [0.4, 0.5) is 0 Å². The fourth-order valence-electron chi connectivity index (χ4n) is 9.12. The van der Waals surface area contributed by atoms with Crippen LogP contribution < -0.4 is 4.74 Å². The maximum absolute atomic E-state index is 6.91. The third kappa shape index (κ3) is 6.25. The van der Waals surface area contributed by atoms with Gasteiger partial charge in [0.05, 0.1) is 17.2 Å². The third-order valence-electron chi connectivity index (χ3n) is 12.1. The van der Waals surface area contributed by atoms with Crippen molar-refractivity contribution >= 4 is 22.1 Å². The monoisotopic (exact) mass is 799 g/mol. The lowest BCUT2D eigenvalue weighted by Crippen LogP contribution is -2.22. The minimum absolute atomic E-state index is 0.0229. The number of furan rings is 1. The molecule has 0 spiro atoms. The number of ether oxygens (including phenoxy) is 1. The van der Waals surface area contributed by atoms with Gasteiger partial charge in [-0.15, -0.1) is 0 Å². The largest absolute Gasteiger partial charge is 0.484 e. The fourth-order valence-corrected chi connectivity index (χ4v) is 9.12. The zero-order valence-corrected chi connectivity index (χ0v) is 33.5. The van der Waals surface area contributed by atoms with Gasteiger partial charge in [-0.05, 0) is 53.0 Å². The van der Waals surface area contributed by atoms with Gasteiger partial charge in [0, 0.05) is 33.6 Å². The van der Waals surface area contributed by atoms with Crippen LogP contribution in [-0.2, 0) is 0 Å². The quantitative estimate of drug-likeness (QED) is 0.159. The van der Waals surface area contributed by atoms with Gasteiger partial charge in [0.15, 0.2) is 28.9 Å². The zero-order valence-electron chi connectivity index (χ0n) is 33.5. The lowest BCUT2D eigenvalue weighted by atomic mass is 9.76. The van der Waals surface area contributed by atoms with Gasteiger partial charge in [-0.3, -0.25) is 0 Å². The predicted molar refractivity (Wildman–Crippen MR) is 245 cm³/mol. The zero-order chi connectivity index (χ0) is 41.0. The highest BCUT2D eigenvalue weighted by Crippen LogP contribution is 2.52. The molecule has 7 heteroatoms. The number of allylic oxidation sites excluding steroid dienone is 6. The molecule has 0 amide bonds. The molecular weight excluding hydrogens is 763 g/mol. The van der Waals surface area contributed by atoms with E-state index in [1.165, 1.54) is 11.1 Å². The molecule has 7 nitrogen and oxygen atoms in total. The van der Waals surface area contributed by atoms with E-state index in [0.29, 0.717) is 23.3 Å². The molecule has 0 N–H and O–H groups in total. The van der Waals surface area contributed by atoms with E-state index in [0.717, 1.165) is 78.9 Å². The Bertz CT molecular complexity index is 3240. The second kappa shape index (κ2) is 14.9. The van der Waals surface area contributed by atoms with Gasteiger partial charge in [-0.1, -0.05) is 170 Å². The maximum Gasteiger partial charge on any atom is 0.176 e. The van der Waals surface area contributed by atoms with E-state index in [1.807, 2.05) is 84.9 Å². The maximum atomic E-state index is 6.91. The number of aromatic nitrogens is 5. The van der Waals surface area contributed by atoms with Gasteiger partial charge < -0.3 is 9.15 Å².